The maximum atomic E-state index is 11.8. The van der Waals surface area contributed by atoms with Crippen LogP contribution < -0.4 is 10.6 Å². The van der Waals surface area contributed by atoms with Crippen molar-refractivity contribution in [1.29, 1.82) is 0 Å². The molecule has 0 atom stereocenters. The molecule has 0 aliphatic carbocycles. The first-order valence-electron chi connectivity index (χ1n) is 7.15. The average Bonchev–Trinajstić information content (AvgIpc) is 2.93. The highest BCUT2D eigenvalue weighted by Gasteiger charge is 2.14. The molecule has 1 aromatic rings. The second-order valence-electron chi connectivity index (χ2n) is 5.07. The predicted molar refractivity (Wildman–Crippen MR) is 85.2 cm³/mol. The van der Waals surface area contributed by atoms with Gasteiger partial charge in [-0.05, 0) is 12.3 Å². The third kappa shape index (κ3) is 7.37. The van der Waals surface area contributed by atoms with E-state index in [2.05, 4.69) is 29.5 Å². The van der Waals surface area contributed by atoms with Gasteiger partial charge in [0.05, 0.1) is 6.61 Å². The van der Waals surface area contributed by atoms with Crippen LogP contribution in [-0.2, 0) is 14.3 Å². The molecule has 1 aromatic heterocycles. The summed E-state index contributed by atoms with van der Waals surface area (Å²) in [6.45, 7) is 5.57. The third-order valence-corrected chi connectivity index (χ3v) is 3.47. The first-order chi connectivity index (χ1) is 10.5. The number of thiazole rings is 1. The quantitative estimate of drug-likeness (QED) is 0.500. The molecule has 22 heavy (non-hydrogen) atoms. The fourth-order valence-corrected chi connectivity index (χ4v) is 2.17. The Hall–Kier alpha value is -1.67. The van der Waals surface area contributed by atoms with Gasteiger partial charge in [-0.25, -0.2) is 9.78 Å². The molecule has 0 aliphatic heterocycles. The summed E-state index contributed by atoms with van der Waals surface area (Å²) in [7, 11) is 1.54. The molecule has 0 saturated heterocycles. The predicted octanol–water partition coefficient (Wildman–Crippen LogP) is 1.52. The average molecular weight is 329 g/mol. The Morgan fingerprint density at radius 2 is 2.14 bits per heavy atom. The van der Waals surface area contributed by atoms with Crippen LogP contribution in [0.4, 0.5) is 5.13 Å². The van der Waals surface area contributed by atoms with Crippen LogP contribution in [0.15, 0.2) is 5.38 Å². The first-order valence-corrected chi connectivity index (χ1v) is 8.03. The molecule has 8 heteroatoms. The molecular weight excluding hydrogens is 306 g/mol. The van der Waals surface area contributed by atoms with Crippen molar-refractivity contribution < 1.29 is 19.1 Å². The summed E-state index contributed by atoms with van der Waals surface area (Å²) in [5.74, 6) is -0.362. The molecule has 0 radical (unpaired) electrons. The number of esters is 1. The molecule has 1 heterocycles. The van der Waals surface area contributed by atoms with E-state index < -0.39 is 5.97 Å². The molecule has 0 spiro atoms. The van der Waals surface area contributed by atoms with E-state index in [-0.39, 0.29) is 18.2 Å². The summed E-state index contributed by atoms with van der Waals surface area (Å²) in [4.78, 5) is 27.3. The number of nitrogens with one attached hydrogen (secondary N) is 2. The van der Waals surface area contributed by atoms with Crippen molar-refractivity contribution in [3.8, 4) is 0 Å². The van der Waals surface area contributed by atoms with Crippen molar-refractivity contribution in [1.82, 2.24) is 10.3 Å². The fraction of sp³-hybridized carbons (Fsp3) is 0.643. The number of ether oxygens (including phenoxy) is 2. The van der Waals surface area contributed by atoms with Crippen molar-refractivity contribution in [2.24, 2.45) is 5.92 Å². The molecule has 0 aromatic carbocycles. The maximum absolute atomic E-state index is 11.8. The van der Waals surface area contributed by atoms with Gasteiger partial charge in [-0.3, -0.25) is 4.79 Å². The van der Waals surface area contributed by atoms with Crippen molar-refractivity contribution in [3.05, 3.63) is 11.1 Å². The van der Waals surface area contributed by atoms with Crippen molar-refractivity contribution in [2.75, 3.05) is 38.7 Å². The molecule has 124 valence electrons. The Balaban J connectivity index is 2.30. The number of amides is 1. The zero-order valence-electron chi connectivity index (χ0n) is 13.2. The van der Waals surface area contributed by atoms with E-state index in [9.17, 15) is 9.59 Å². The van der Waals surface area contributed by atoms with Gasteiger partial charge >= 0.3 is 5.97 Å². The van der Waals surface area contributed by atoms with Crippen LogP contribution in [0.2, 0.25) is 0 Å². The highest BCUT2D eigenvalue weighted by Crippen LogP contribution is 2.16. The summed E-state index contributed by atoms with van der Waals surface area (Å²) >= 11 is 1.34. The Morgan fingerprint density at radius 3 is 2.82 bits per heavy atom. The number of hydrogen-bond acceptors (Lipinski definition) is 7. The van der Waals surface area contributed by atoms with Gasteiger partial charge in [0.15, 0.2) is 17.4 Å². The van der Waals surface area contributed by atoms with Gasteiger partial charge in [0.25, 0.3) is 5.91 Å². The summed E-state index contributed by atoms with van der Waals surface area (Å²) in [6.07, 6.45) is 1.03. The summed E-state index contributed by atoms with van der Waals surface area (Å²) in [5, 5.41) is 8.01. The van der Waals surface area contributed by atoms with E-state index in [1.165, 1.54) is 11.3 Å². The number of aromatic nitrogens is 1. The van der Waals surface area contributed by atoms with Crippen molar-refractivity contribution in [2.45, 2.75) is 20.3 Å². The van der Waals surface area contributed by atoms with E-state index in [0.717, 1.165) is 13.0 Å². The van der Waals surface area contributed by atoms with Crippen LogP contribution in [0.25, 0.3) is 0 Å². The van der Waals surface area contributed by atoms with Gasteiger partial charge < -0.3 is 20.1 Å². The van der Waals surface area contributed by atoms with Crippen molar-refractivity contribution >= 4 is 28.3 Å². The number of rotatable bonds is 10. The van der Waals surface area contributed by atoms with Gasteiger partial charge in [0, 0.05) is 25.6 Å². The third-order valence-electron chi connectivity index (χ3n) is 2.67. The minimum Gasteiger partial charge on any atom is -0.451 e. The molecule has 1 amide bonds. The van der Waals surface area contributed by atoms with Crippen LogP contribution in [-0.4, -0.2) is 50.3 Å². The first kappa shape index (κ1) is 18.4. The smallest absolute Gasteiger partial charge is 0.358 e. The van der Waals surface area contributed by atoms with Gasteiger partial charge in [-0.1, -0.05) is 13.8 Å². The van der Waals surface area contributed by atoms with Gasteiger partial charge in [0.2, 0.25) is 0 Å². The topological polar surface area (TPSA) is 89.5 Å². The number of carbonyl (C=O) groups is 2. The summed E-state index contributed by atoms with van der Waals surface area (Å²) in [6, 6.07) is 0. The normalized spacial score (nSPS) is 10.5. The van der Waals surface area contributed by atoms with E-state index in [1.54, 1.807) is 12.5 Å². The fourth-order valence-electron chi connectivity index (χ4n) is 1.47. The van der Waals surface area contributed by atoms with Crippen molar-refractivity contribution in [3.63, 3.8) is 0 Å². The standard InChI is InChI=1S/C14H23N3O4S/c1-10(2)4-5-16-14-17-11(9-22-14)13(19)21-8-12(18)15-6-7-20-3/h9-10H,4-8H2,1-3H3,(H,15,18)(H,16,17). The van der Waals surface area contributed by atoms with Gasteiger partial charge in [-0.15, -0.1) is 11.3 Å². The Kier molecular flexibility index (Phi) is 8.46. The Labute approximate surface area is 134 Å². The second-order valence-corrected chi connectivity index (χ2v) is 5.92. The van der Waals surface area contributed by atoms with E-state index in [4.69, 9.17) is 9.47 Å². The lowest BCUT2D eigenvalue weighted by atomic mass is 10.1. The highest BCUT2D eigenvalue weighted by molar-refractivity contribution is 7.13. The molecule has 0 aliphatic rings. The maximum Gasteiger partial charge on any atom is 0.358 e. The van der Waals surface area contributed by atoms with Crippen LogP contribution in [0, 0.1) is 5.92 Å². The van der Waals surface area contributed by atoms with Gasteiger partial charge in [0.1, 0.15) is 0 Å². The minimum atomic E-state index is -0.602. The largest absolute Gasteiger partial charge is 0.451 e. The number of nitrogens with zero attached hydrogens (tertiary/aromatic N) is 1. The monoisotopic (exact) mass is 329 g/mol. The zero-order chi connectivity index (χ0) is 16.4. The Bertz CT molecular complexity index is 476. The number of methoxy groups -OCH3 is 1. The van der Waals surface area contributed by atoms with E-state index >= 15 is 0 Å². The molecule has 0 fully saturated rings. The Morgan fingerprint density at radius 1 is 1.36 bits per heavy atom. The number of hydrogen-bond donors (Lipinski definition) is 2. The van der Waals surface area contributed by atoms with Crippen LogP contribution >= 0.6 is 11.3 Å². The summed E-state index contributed by atoms with van der Waals surface area (Å²) in [5.41, 5.74) is 0.210. The summed E-state index contributed by atoms with van der Waals surface area (Å²) < 4.78 is 9.70. The van der Waals surface area contributed by atoms with Crippen LogP contribution in [0.1, 0.15) is 30.8 Å². The number of anilines is 1. The molecule has 0 unspecified atom stereocenters. The minimum absolute atomic E-state index is 0.210. The lowest BCUT2D eigenvalue weighted by Gasteiger charge is -2.05. The lowest BCUT2D eigenvalue weighted by Crippen LogP contribution is -2.31. The lowest BCUT2D eigenvalue weighted by molar-refractivity contribution is -0.124. The molecule has 2 N–H and O–H groups in total. The number of carbonyl (C=O) groups excluding carboxylic acids is 2. The highest BCUT2D eigenvalue weighted by atomic mass is 32.1. The zero-order valence-corrected chi connectivity index (χ0v) is 14.0. The van der Waals surface area contributed by atoms with Gasteiger partial charge in [-0.2, -0.15) is 0 Å². The van der Waals surface area contributed by atoms with Crippen LogP contribution in [0.3, 0.4) is 0 Å². The SMILES string of the molecule is COCCNC(=O)COC(=O)c1csc(NCCC(C)C)n1. The van der Waals surface area contributed by atoms with E-state index in [1.807, 2.05) is 0 Å². The van der Waals surface area contributed by atoms with E-state index in [0.29, 0.717) is 24.2 Å². The second kappa shape index (κ2) is 10.1. The van der Waals surface area contributed by atoms with Crippen LogP contribution in [0.5, 0.6) is 0 Å². The molecule has 1 rings (SSSR count). The molecule has 0 bridgehead atoms. The molecule has 7 nitrogen and oxygen atoms in total. The molecule has 0 saturated carbocycles. The molecular formula is C14H23N3O4S.